The summed E-state index contributed by atoms with van der Waals surface area (Å²) in [6.45, 7) is 0. The number of methoxy groups -OCH3 is 1. The van der Waals surface area contributed by atoms with Crippen molar-refractivity contribution in [2.75, 3.05) is 7.11 Å². The molecule has 0 unspecified atom stereocenters. The van der Waals surface area contributed by atoms with E-state index in [-0.39, 0.29) is 5.92 Å². The predicted molar refractivity (Wildman–Crippen MR) is 90.5 cm³/mol. The SMILES string of the molecule is COc1ccc([C@H](O)[C@@H](c2ccccc2)c2ccccn2)cc1. The van der Waals surface area contributed by atoms with Gasteiger partial charge in [0.25, 0.3) is 0 Å². The van der Waals surface area contributed by atoms with Gasteiger partial charge in [0, 0.05) is 6.20 Å². The van der Waals surface area contributed by atoms with Gasteiger partial charge in [-0.25, -0.2) is 0 Å². The van der Waals surface area contributed by atoms with Crippen LogP contribution in [0, 0.1) is 0 Å². The molecule has 0 radical (unpaired) electrons. The average Bonchev–Trinajstić information content (AvgIpc) is 2.64. The lowest BCUT2D eigenvalue weighted by Gasteiger charge is -2.23. The van der Waals surface area contributed by atoms with Crippen LogP contribution in [-0.4, -0.2) is 17.2 Å². The summed E-state index contributed by atoms with van der Waals surface area (Å²) in [6, 6.07) is 23.2. The Kier molecular flexibility index (Phi) is 4.69. The number of ether oxygens (including phenoxy) is 1. The molecule has 116 valence electrons. The highest BCUT2D eigenvalue weighted by molar-refractivity contribution is 5.36. The first kappa shape index (κ1) is 15.3. The predicted octanol–water partition coefficient (Wildman–Crippen LogP) is 3.96. The number of hydrogen-bond acceptors (Lipinski definition) is 3. The molecule has 1 aromatic heterocycles. The third kappa shape index (κ3) is 3.41. The number of rotatable bonds is 5. The molecule has 23 heavy (non-hydrogen) atoms. The Bertz CT molecular complexity index is 687. The molecule has 0 amide bonds. The van der Waals surface area contributed by atoms with E-state index in [0.717, 1.165) is 22.6 Å². The molecule has 0 fully saturated rings. The van der Waals surface area contributed by atoms with Gasteiger partial charge in [-0.2, -0.15) is 0 Å². The Morgan fingerprint density at radius 1 is 0.826 bits per heavy atom. The van der Waals surface area contributed by atoms with Crippen LogP contribution >= 0.6 is 0 Å². The Morgan fingerprint density at radius 3 is 2.13 bits per heavy atom. The molecule has 2 aromatic carbocycles. The molecule has 3 aromatic rings. The number of benzene rings is 2. The molecular weight excluding hydrogens is 286 g/mol. The van der Waals surface area contributed by atoms with Crippen LogP contribution < -0.4 is 4.74 Å². The molecular formula is C20H19NO2. The van der Waals surface area contributed by atoms with Gasteiger partial charge in [-0.1, -0.05) is 48.5 Å². The van der Waals surface area contributed by atoms with Crippen LogP contribution in [-0.2, 0) is 0 Å². The van der Waals surface area contributed by atoms with Crippen molar-refractivity contribution in [1.82, 2.24) is 4.98 Å². The van der Waals surface area contributed by atoms with Gasteiger partial charge in [-0.3, -0.25) is 4.98 Å². The zero-order valence-electron chi connectivity index (χ0n) is 13.0. The van der Waals surface area contributed by atoms with E-state index in [1.54, 1.807) is 13.3 Å². The van der Waals surface area contributed by atoms with Crippen LogP contribution in [0.3, 0.4) is 0 Å². The maximum Gasteiger partial charge on any atom is 0.118 e. The lowest BCUT2D eigenvalue weighted by Crippen LogP contribution is -2.13. The van der Waals surface area contributed by atoms with Crippen molar-refractivity contribution in [3.8, 4) is 5.75 Å². The van der Waals surface area contributed by atoms with Gasteiger partial charge in [0.15, 0.2) is 0 Å². The minimum atomic E-state index is -0.682. The minimum Gasteiger partial charge on any atom is -0.497 e. The number of aliphatic hydroxyl groups excluding tert-OH is 1. The molecule has 2 atom stereocenters. The molecule has 3 rings (SSSR count). The lowest BCUT2D eigenvalue weighted by atomic mass is 9.86. The fraction of sp³-hybridized carbons (Fsp3) is 0.150. The smallest absolute Gasteiger partial charge is 0.118 e. The van der Waals surface area contributed by atoms with Gasteiger partial charge in [0.05, 0.1) is 24.8 Å². The Morgan fingerprint density at radius 2 is 1.52 bits per heavy atom. The van der Waals surface area contributed by atoms with Crippen LogP contribution in [0.25, 0.3) is 0 Å². The molecule has 3 nitrogen and oxygen atoms in total. The highest BCUT2D eigenvalue weighted by atomic mass is 16.5. The third-order valence-corrected chi connectivity index (χ3v) is 3.94. The molecule has 0 saturated carbocycles. The molecule has 1 heterocycles. The first-order valence-corrected chi connectivity index (χ1v) is 7.57. The summed E-state index contributed by atoms with van der Waals surface area (Å²) in [6.07, 6.45) is 1.07. The number of aliphatic hydroxyl groups is 1. The largest absolute Gasteiger partial charge is 0.497 e. The molecule has 3 heteroatoms. The zero-order chi connectivity index (χ0) is 16.1. The van der Waals surface area contributed by atoms with Gasteiger partial charge in [0.2, 0.25) is 0 Å². The van der Waals surface area contributed by atoms with Crippen LogP contribution in [0.5, 0.6) is 5.75 Å². The molecule has 0 spiro atoms. The standard InChI is InChI=1S/C20H19NO2/c1-23-17-12-10-16(11-13-17)20(22)19(15-7-3-2-4-8-15)18-9-5-6-14-21-18/h2-14,19-20,22H,1H3/t19-,20-/m0/s1. The fourth-order valence-corrected chi connectivity index (χ4v) is 2.73. The molecule has 0 aliphatic rings. The summed E-state index contributed by atoms with van der Waals surface area (Å²) in [5, 5.41) is 11.0. The van der Waals surface area contributed by atoms with Gasteiger partial charge in [0.1, 0.15) is 5.75 Å². The monoisotopic (exact) mass is 305 g/mol. The van der Waals surface area contributed by atoms with Crippen molar-refractivity contribution in [3.05, 3.63) is 95.8 Å². The van der Waals surface area contributed by atoms with E-state index in [9.17, 15) is 5.11 Å². The topological polar surface area (TPSA) is 42.4 Å². The Hall–Kier alpha value is -2.65. The van der Waals surface area contributed by atoms with E-state index in [1.165, 1.54) is 0 Å². The molecule has 0 aliphatic heterocycles. The quantitative estimate of drug-likeness (QED) is 0.776. The Labute approximate surface area is 136 Å². The second-order valence-electron chi connectivity index (χ2n) is 5.36. The van der Waals surface area contributed by atoms with Crippen molar-refractivity contribution in [2.24, 2.45) is 0 Å². The normalized spacial score (nSPS) is 13.3. The molecule has 0 aliphatic carbocycles. The summed E-state index contributed by atoms with van der Waals surface area (Å²) < 4.78 is 5.18. The van der Waals surface area contributed by atoms with Gasteiger partial charge in [-0.05, 0) is 35.4 Å². The minimum absolute atomic E-state index is 0.217. The second-order valence-corrected chi connectivity index (χ2v) is 5.36. The van der Waals surface area contributed by atoms with E-state index in [1.807, 2.05) is 72.8 Å². The summed E-state index contributed by atoms with van der Waals surface area (Å²) in [4.78, 5) is 4.45. The summed E-state index contributed by atoms with van der Waals surface area (Å²) >= 11 is 0. The van der Waals surface area contributed by atoms with Crippen molar-refractivity contribution >= 4 is 0 Å². The maximum absolute atomic E-state index is 11.0. The Balaban J connectivity index is 2.00. The summed E-state index contributed by atoms with van der Waals surface area (Å²) in [5.74, 6) is 0.556. The van der Waals surface area contributed by atoms with E-state index in [0.29, 0.717) is 0 Å². The van der Waals surface area contributed by atoms with Crippen molar-refractivity contribution in [1.29, 1.82) is 0 Å². The van der Waals surface area contributed by atoms with Crippen molar-refractivity contribution in [3.63, 3.8) is 0 Å². The number of pyridine rings is 1. The number of aromatic nitrogens is 1. The number of hydrogen-bond donors (Lipinski definition) is 1. The van der Waals surface area contributed by atoms with Crippen molar-refractivity contribution < 1.29 is 9.84 Å². The van der Waals surface area contributed by atoms with Crippen LogP contribution in [0.15, 0.2) is 79.0 Å². The van der Waals surface area contributed by atoms with Gasteiger partial charge < -0.3 is 9.84 Å². The van der Waals surface area contributed by atoms with Gasteiger partial charge >= 0.3 is 0 Å². The highest BCUT2D eigenvalue weighted by Gasteiger charge is 2.25. The van der Waals surface area contributed by atoms with E-state index in [4.69, 9.17) is 4.74 Å². The maximum atomic E-state index is 11.0. The highest BCUT2D eigenvalue weighted by Crippen LogP contribution is 2.36. The van der Waals surface area contributed by atoms with Crippen LogP contribution in [0.2, 0.25) is 0 Å². The first-order chi connectivity index (χ1) is 11.3. The second kappa shape index (κ2) is 7.07. The van der Waals surface area contributed by atoms with Crippen LogP contribution in [0.1, 0.15) is 28.8 Å². The average molecular weight is 305 g/mol. The number of nitrogens with zero attached hydrogens (tertiary/aromatic N) is 1. The summed E-state index contributed by atoms with van der Waals surface area (Å²) in [5.41, 5.74) is 2.72. The van der Waals surface area contributed by atoms with E-state index >= 15 is 0 Å². The zero-order valence-corrected chi connectivity index (χ0v) is 13.0. The van der Waals surface area contributed by atoms with Gasteiger partial charge in [-0.15, -0.1) is 0 Å². The molecule has 0 bridgehead atoms. The lowest BCUT2D eigenvalue weighted by molar-refractivity contribution is 0.157. The summed E-state index contributed by atoms with van der Waals surface area (Å²) in [7, 11) is 1.63. The van der Waals surface area contributed by atoms with E-state index in [2.05, 4.69) is 4.98 Å². The third-order valence-electron chi connectivity index (χ3n) is 3.94. The van der Waals surface area contributed by atoms with Crippen LogP contribution in [0.4, 0.5) is 0 Å². The molecule has 0 saturated heterocycles. The van der Waals surface area contributed by atoms with E-state index < -0.39 is 6.10 Å². The first-order valence-electron chi connectivity index (χ1n) is 7.57. The fourth-order valence-electron chi connectivity index (χ4n) is 2.73. The van der Waals surface area contributed by atoms with Crippen molar-refractivity contribution in [2.45, 2.75) is 12.0 Å². The molecule has 1 N–H and O–H groups in total.